The second-order valence-corrected chi connectivity index (χ2v) is 5.97. The molecule has 19 heavy (non-hydrogen) atoms. The monoisotopic (exact) mass is 337 g/mol. The van der Waals surface area contributed by atoms with Gasteiger partial charge in [0.2, 0.25) is 0 Å². The molecular weight excluding hydrogens is 322 g/mol. The van der Waals surface area contributed by atoms with E-state index in [0.717, 1.165) is 21.6 Å². The Hall–Kier alpha value is -0.830. The Bertz CT molecular complexity index is 568. The minimum atomic E-state index is 0.230. The second-order valence-electron chi connectivity index (χ2n) is 4.71. The largest absolute Gasteiger partial charge is 0.306 e. The van der Waals surface area contributed by atoms with Gasteiger partial charge in [0.05, 0.1) is 0 Å². The van der Waals surface area contributed by atoms with E-state index in [-0.39, 0.29) is 6.04 Å². The number of nitrogens with one attached hydrogen (secondary N) is 1. The van der Waals surface area contributed by atoms with Crippen molar-refractivity contribution < 1.29 is 0 Å². The van der Waals surface area contributed by atoms with Gasteiger partial charge in [0, 0.05) is 22.1 Å². The van der Waals surface area contributed by atoms with E-state index in [0.29, 0.717) is 0 Å². The number of halogens is 2. The molecule has 3 heteroatoms. The SMILES string of the molecule is Cc1ccc(CN[C@@H](C)c2ccccc2Cl)cc1Br. The van der Waals surface area contributed by atoms with E-state index in [1.54, 1.807) is 0 Å². The van der Waals surface area contributed by atoms with Crippen LogP contribution < -0.4 is 5.32 Å². The Balaban J connectivity index is 2.02. The maximum atomic E-state index is 6.20. The van der Waals surface area contributed by atoms with Crippen LogP contribution >= 0.6 is 27.5 Å². The predicted octanol–water partition coefficient (Wildman–Crippen LogP) is 5.26. The van der Waals surface area contributed by atoms with Crippen LogP contribution in [0.3, 0.4) is 0 Å². The Morgan fingerprint density at radius 3 is 2.63 bits per heavy atom. The van der Waals surface area contributed by atoms with Crippen LogP contribution in [0.1, 0.15) is 29.7 Å². The molecule has 0 aliphatic heterocycles. The van der Waals surface area contributed by atoms with Crippen molar-refractivity contribution >= 4 is 27.5 Å². The lowest BCUT2D eigenvalue weighted by molar-refractivity contribution is 0.575. The fourth-order valence-corrected chi connectivity index (χ4v) is 2.68. The van der Waals surface area contributed by atoms with E-state index in [2.05, 4.69) is 59.4 Å². The molecular formula is C16H17BrClN. The fraction of sp³-hybridized carbons (Fsp3) is 0.250. The number of hydrogen-bond donors (Lipinski definition) is 1. The first-order valence-electron chi connectivity index (χ1n) is 6.31. The van der Waals surface area contributed by atoms with Crippen molar-refractivity contribution in [1.29, 1.82) is 0 Å². The lowest BCUT2D eigenvalue weighted by Gasteiger charge is -2.16. The third-order valence-corrected chi connectivity index (χ3v) is 4.42. The highest BCUT2D eigenvalue weighted by atomic mass is 79.9. The van der Waals surface area contributed by atoms with Gasteiger partial charge in [-0.1, -0.05) is 57.9 Å². The number of rotatable bonds is 4. The zero-order valence-corrected chi connectivity index (χ0v) is 13.4. The van der Waals surface area contributed by atoms with Crippen molar-refractivity contribution in [3.8, 4) is 0 Å². The molecule has 0 spiro atoms. The van der Waals surface area contributed by atoms with Crippen LogP contribution in [-0.2, 0) is 6.54 Å². The van der Waals surface area contributed by atoms with Crippen LogP contribution in [0.15, 0.2) is 46.9 Å². The standard InChI is InChI=1S/C16H17BrClN/c1-11-7-8-13(9-15(11)17)10-19-12(2)14-5-3-4-6-16(14)18/h3-9,12,19H,10H2,1-2H3/t12-/m0/s1. The first-order valence-corrected chi connectivity index (χ1v) is 7.48. The van der Waals surface area contributed by atoms with Crippen LogP contribution in [0.25, 0.3) is 0 Å². The first-order chi connectivity index (χ1) is 9.08. The molecule has 1 N–H and O–H groups in total. The fourth-order valence-electron chi connectivity index (χ4n) is 1.95. The Labute approximate surface area is 128 Å². The molecule has 1 nitrogen and oxygen atoms in total. The van der Waals surface area contributed by atoms with Gasteiger partial charge in [-0.05, 0) is 42.7 Å². The maximum Gasteiger partial charge on any atom is 0.0453 e. The molecule has 0 saturated heterocycles. The summed E-state index contributed by atoms with van der Waals surface area (Å²) in [7, 11) is 0. The normalized spacial score (nSPS) is 12.4. The molecule has 0 aliphatic rings. The van der Waals surface area contributed by atoms with Gasteiger partial charge in [-0.2, -0.15) is 0 Å². The Morgan fingerprint density at radius 1 is 1.21 bits per heavy atom. The first kappa shape index (κ1) is 14.6. The highest BCUT2D eigenvalue weighted by Gasteiger charge is 2.08. The molecule has 0 heterocycles. The van der Waals surface area contributed by atoms with E-state index < -0.39 is 0 Å². The van der Waals surface area contributed by atoms with Gasteiger partial charge < -0.3 is 5.32 Å². The smallest absolute Gasteiger partial charge is 0.0453 e. The second kappa shape index (κ2) is 6.56. The van der Waals surface area contributed by atoms with E-state index in [4.69, 9.17) is 11.6 Å². The van der Waals surface area contributed by atoms with Gasteiger partial charge in [-0.15, -0.1) is 0 Å². The quantitative estimate of drug-likeness (QED) is 0.801. The lowest BCUT2D eigenvalue weighted by atomic mass is 10.1. The number of hydrogen-bond acceptors (Lipinski definition) is 1. The summed E-state index contributed by atoms with van der Waals surface area (Å²) in [5, 5.41) is 4.31. The summed E-state index contributed by atoms with van der Waals surface area (Å²) >= 11 is 9.76. The van der Waals surface area contributed by atoms with E-state index in [9.17, 15) is 0 Å². The van der Waals surface area contributed by atoms with Crippen LogP contribution in [0, 0.1) is 6.92 Å². The molecule has 1 atom stereocenters. The number of benzene rings is 2. The third kappa shape index (κ3) is 3.82. The molecule has 0 unspecified atom stereocenters. The molecule has 2 rings (SSSR count). The molecule has 0 amide bonds. The van der Waals surface area contributed by atoms with E-state index in [1.165, 1.54) is 11.1 Å². The molecule has 2 aromatic carbocycles. The van der Waals surface area contributed by atoms with Crippen LogP contribution in [-0.4, -0.2) is 0 Å². The zero-order chi connectivity index (χ0) is 13.8. The molecule has 0 aromatic heterocycles. The minimum Gasteiger partial charge on any atom is -0.306 e. The molecule has 0 saturated carbocycles. The average molecular weight is 339 g/mol. The van der Waals surface area contributed by atoms with Crippen LogP contribution in [0.4, 0.5) is 0 Å². The van der Waals surface area contributed by atoms with E-state index in [1.807, 2.05) is 18.2 Å². The van der Waals surface area contributed by atoms with Gasteiger partial charge in [0.25, 0.3) is 0 Å². The summed E-state index contributed by atoms with van der Waals surface area (Å²) < 4.78 is 1.15. The van der Waals surface area contributed by atoms with Crippen LogP contribution in [0.2, 0.25) is 5.02 Å². The van der Waals surface area contributed by atoms with Crippen molar-refractivity contribution in [2.24, 2.45) is 0 Å². The van der Waals surface area contributed by atoms with Gasteiger partial charge in [-0.3, -0.25) is 0 Å². The van der Waals surface area contributed by atoms with Crippen molar-refractivity contribution in [2.45, 2.75) is 26.4 Å². The highest BCUT2D eigenvalue weighted by molar-refractivity contribution is 9.10. The summed E-state index contributed by atoms with van der Waals surface area (Å²) in [6, 6.07) is 14.6. The Morgan fingerprint density at radius 2 is 1.95 bits per heavy atom. The summed E-state index contributed by atoms with van der Waals surface area (Å²) in [5.41, 5.74) is 3.65. The molecule has 0 radical (unpaired) electrons. The highest BCUT2D eigenvalue weighted by Crippen LogP contribution is 2.23. The van der Waals surface area contributed by atoms with Gasteiger partial charge in [0.1, 0.15) is 0 Å². The van der Waals surface area contributed by atoms with Crippen molar-refractivity contribution in [2.75, 3.05) is 0 Å². The third-order valence-electron chi connectivity index (χ3n) is 3.22. The van der Waals surface area contributed by atoms with E-state index >= 15 is 0 Å². The lowest BCUT2D eigenvalue weighted by Crippen LogP contribution is -2.18. The zero-order valence-electron chi connectivity index (χ0n) is 11.1. The molecule has 0 aliphatic carbocycles. The van der Waals surface area contributed by atoms with Crippen LogP contribution in [0.5, 0.6) is 0 Å². The predicted molar refractivity (Wildman–Crippen MR) is 85.6 cm³/mol. The average Bonchev–Trinajstić information content (AvgIpc) is 2.40. The summed E-state index contributed by atoms with van der Waals surface area (Å²) in [5.74, 6) is 0. The Kier molecular flexibility index (Phi) is 5.03. The summed E-state index contributed by atoms with van der Waals surface area (Å²) in [6.45, 7) is 5.05. The maximum absolute atomic E-state index is 6.20. The number of aryl methyl sites for hydroxylation is 1. The van der Waals surface area contributed by atoms with Crippen molar-refractivity contribution in [3.63, 3.8) is 0 Å². The minimum absolute atomic E-state index is 0.230. The topological polar surface area (TPSA) is 12.0 Å². The summed E-state index contributed by atoms with van der Waals surface area (Å²) in [4.78, 5) is 0. The summed E-state index contributed by atoms with van der Waals surface area (Å²) in [6.07, 6.45) is 0. The molecule has 0 bridgehead atoms. The van der Waals surface area contributed by atoms with Crippen molar-refractivity contribution in [1.82, 2.24) is 5.32 Å². The van der Waals surface area contributed by atoms with Crippen molar-refractivity contribution in [3.05, 3.63) is 68.7 Å². The van der Waals surface area contributed by atoms with Gasteiger partial charge in [0.15, 0.2) is 0 Å². The molecule has 0 fully saturated rings. The molecule has 100 valence electrons. The molecule has 2 aromatic rings. The van der Waals surface area contributed by atoms with Gasteiger partial charge in [-0.25, -0.2) is 0 Å². The van der Waals surface area contributed by atoms with Gasteiger partial charge >= 0.3 is 0 Å².